The lowest BCUT2D eigenvalue weighted by molar-refractivity contribution is 0.111. The van der Waals surface area contributed by atoms with Gasteiger partial charge in [-0.25, -0.2) is 0 Å². The molecular formula is C21H18N2O2. The van der Waals surface area contributed by atoms with E-state index in [1.807, 2.05) is 66.1 Å². The summed E-state index contributed by atoms with van der Waals surface area (Å²) in [6, 6.07) is 17.6. The van der Waals surface area contributed by atoms with Gasteiger partial charge < -0.3 is 9.30 Å². The minimum atomic E-state index is 0.352. The fraction of sp³-hybridized carbons (Fsp3) is 0.143. The average molecular weight is 330 g/mol. The van der Waals surface area contributed by atoms with Crippen molar-refractivity contribution in [2.75, 3.05) is 7.11 Å². The topological polar surface area (TPSA) is 55.0 Å². The van der Waals surface area contributed by atoms with Gasteiger partial charge in [0, 0.05) is 16.5 Å². The normalized spacial score (nSPS) is 11.3. The van der Waals surface area contributed by atoms with Gasteiger partial charge in [0.15, 0.2) is 6.29 Å². The van der Waals surface area contributed by atoms with Crippen molar-refractivity contribution in [3.63, 3.8) is 0 Å². The third-order valence-electron chi connectivity index (χ3n) is 4.31. The Morgan fingerprint density at radius 3 is 2.56 bits per heavy atom. The molecule has 3 aromatic rings. The van der Waals surface area contributed by atoms with E-state index in [1.165, 1.54) is 0 Å². The molecule has 1 aromatic heterocycles. The number of aryl methyl sites for hydroxylation is 1. The molecule has 0 radical (unpaired) electrons. The van der Waals surface area contributed by atoms with Crippen molar-refractivity contribution in [3.05, 3.63) is 70.9 Å². The smallest absolute Gasteiger partial charge is 0.166 e. The molecule has 4 nitrogen and oxygen atoms in total. The number of aldehydes is 1. The molecule has 124 valence electrons. The van der Waals surface area contributed by atoms with Gasteiger partial charge in [-0.15, -0.1) is 0 Å². The minimum Gasteiger partial charge on any atom is -0.497 e. The van der Waals surface area contributed by atoms with Crippen molar-refractivity contribution in [1.29, 1.82) is 5.26 Å². The van der Waals surface area contributed by atoms with Gasteiger partial charge in [-0.2, -0.15) is 5.26 Å². The second-order valence-electron chi connectivity index (χ2n) is 5.79. The van der Waals surface area contributed by atoms with Crippen LogP contribution in [-0.2, 0) is 6.54 Å². The number of methoxy groups -OCH3 is 1. The highest BCUT2D eigenvalue weighted by molar-refractivity contribution is 5.93. The first-order valence-corrected chi connectivity index (χ1v) is 7.95. The number of carbonyl (C=O) groups excluding carboxylic acids is 1. The number of para-hydroxylation sites is 1. The third-order valence-corrected chi connectivity index (χ3v) is 4.31. The van der Waals surface area contributed by atoms with Crippen molar-refractivity contribution in [2.45, 2.75) is 13.5 Å². The molecule has 0 atom stereocenters. The molecule has 0 amide bonds. The van der Waals surface area contributed by atoms with E-state index in [4.69, 9.17) is 4.74 Å². The van der Waals surface area contributed by atoms with Gasteiger partial charge in [-0.3, -0.25) is 4.79 Å². The predicted octanol–water partition coefficient (Wildman–Crippen LogP) is 4.38. The van der Waals surface area contributed by atoms with Gasteiger partial charge in [0.25, 0.3) is 0 Å². The molecule has 0 aliphatic heterocycles. The molecule has 0 spiro atoms. The van der Waals surface area contributed by atoms with Crippen LogP contribution in [0.1, 0.15) is 21.6 Å². The molecule has 3 rings (SSSR count). The fourth-order valence-electron chi connectivity index (χ4n) is 3.00. The molecule has 2 aromatic carbocycles. The number of fused-ring (bicyclic) bond motifs is 1. The number of carbonyl (C=O) groups is 1. The summed E-state index contributed by atoms with van der Waals surface area (Å²) >= 11 is 0. The Labute approximate surface area is 146 Å². The van der Waals surface area contributed by atoms with E-state index in [-0.39, 0.29) is 0 Å². The van der Waals surface area contributed by atoms with Crippen LogP contribution in [0.25, 0.3) is 17.0 Å². The van der Waals surface area contributed by atoms with Crippen LogP contribution in [0, 0.1) is 18.3 Å². The Kier molecular flexibility index (Phi) is 4.67. The van der Waals surface area contributed by atoms with Crippen LogP contribution in [0.5, 0.6) is 5.75 Å². The minimum absolute atomic E-state index is 0.352. The monoisotopic (exact) mass is 330 g/mol. The van der Waals surface area contributed by atoms with Crippen LogP contribution in [0.3, 0.4) is 0 Å². The maximum atomic E-state index is 11.6. The van der Waals surface area contributed by atoms with Gasteiger partial charge in [-0.1, -0.05) is 30.3 Å². The van der Waals surface area contributed by atoms with Gasteiger partial charge >= 0.3 is 0 Å². The lowest BCUT2D eigenvalue weighted by Gasteiger charge is -2.07. The number of allylic oxidation sites excluding steroid dienone is 1. The second kappa shape index (κ2) is 7.06. The van der Waals surface area contributed by atoms with E-state index >= 15 is 0 Å². The standard InChI is InChI=1S/C21H18N2O2/c1-15-19-5-3-4-6-20(19)23(21(15)14-24)13-17(12-22)11-16-7-9-18(25-2)10-8-16/h3-11,14H,13H2,1-2H3/b17-11+. The zero-order chi connectivity index (χ0) is 17.8. The second-order valence-corrected chi connectivity index (χ2v) is 5.79. The summed E-state index contributed by atoms with van der Waals surface area (Å²) in [4.78, 5) is 11.6. The number of aromatic nitrogens is 1. The highest BCUT2D eigenvalue weighted by Crippen LogP contribution is 2.26. The molecule has 0 N–H and O–H groups in total. The molecule has 0 fully saturated rings. The van der Waals surface area contributed by atoms with Crippen molar-refractivity contribution in [1.82, 2.24) is 4.57 Å². The largest absolute Gasteiger partial charge is 0.497 e. The number of nitriles is 1. The van der Waals surface area contributed by atoms with E-state index in [1.54, 1.807) is 7.11 Å². The number of rotatable bonds is 5. The van der Waals surface area contributed by atoms with Gasteiger partial charge in [0.05, 0.1) is 25.4 Å². The molecule has 0 aliphatic carbocycles. The number of hydrogen-bond acceptors (Lipinski definition) is 3. The fourth-order valence-corrected chi connectivity index (χ4v) is 3.00. The molecule has 0 unspecified atom stereocenters. The molecule has 0 saturated carbocycles. The highest BCUT2D eigenvalue weighted by atomic mass is 16.5. The number of nitrogens with zero attached hydrogens (tertiary/aromatic N) is 2. The van der Waals surface area contributed by atoms with E-state index in [9.17, 15) is 10.1 Å². The zero-order valence-electron chi connectivity index (χ0n) is 14.2. The molecule has 0 aliphatic rings. The summed E-state index contributed by atoms with van der Waals surface area (Å²) in [6.07, 6.45) is 2.69. The Morgan fingerprint density at radius 2 is 1.92 bits per heavy atom. The quantitative estimate of drug-likeness (QED) is 0.515. The summed E-state index contributed by atoms with van der Waals surface area (Å²) < 4.78 is 7.05. The van der Waals surface area contributed by atoms with Crippen LogP contribution in [-0.4, -0.2) is 18.0 Å². The summed E-state index contributed by atoms with van der Waals surface area (Å²) in [5, 5.41) is 10.6. The summed E-state index contributed by atoms with van der Waals surface area (Å²) in [5.74, 6) is 0.769. The number of benzene rings is 2. The first-order valence-electron chi connectivity index (χ1n) is 7.95. The maximum Gasteiger partial charge on any atom is 0.166 e. The highest BCUT2D eigenvalue weighted by Gasteiger charge is 2.14. The third kappa shape index (κ3) is 3.17. The van der Waals surface area contributed by atoms with E-state index < -0.39 is 0 Å². The van der Waals surface area contributed by atoms with Crippen molar-refractivity contribution >= 4 is 23.3 Å². The summed E-state index contributed by atoms with van der Waals surface area (Å²) in [7, 11) is 1.62. The van der Waals surface area contributed by atoms with E-state index in [2.05, 4.69) is 6.07 Å². The molecule has 25 heavy (non-hydrogen) atoms. The van der Waals surface area contributed by atoms with E-state index in [0.717, 1.165) is 34.1 Å². The molecule has 0 bridgehead atoms. The molecule has 1 heterocycles. The lowest BCUT2D eigenvalue weighted by Crippen LogP contribution is -2.04. The average Bonchev–Trinajstić information content (AvgIpc) is 2.93. The number of ether oxygens (including phenoxy) is 1. The van der Waals surface area contributed by atoms with Crippen molar-refractivity contribution in [3.8, 4) is 11.8 Å². The maximum absolute atomic E-state index is 11.6. The lowest BCUT2D eigenvalue weighted by atomic mass is 10.1. The Morgan fingerprint density at radius 1 is 1.20 bits per heavy atom. The Balaban J connectivity index is 2.02. The Bertz CT molecular complexity index is 989. The first kappa shape index (κ1) is 16.5. The molecule has 4 heteroatoms. The van der Waals surface area contributed by atoms with Crippen molar-refractivity contribution < 1.29 is 9.53 Å². The van der Waals surface area contributed by atoms with Crippen LogP contribution in [0.2, 0.25) is 0 Å². The van der Waals surface area contributed by atoms with Crippen LogP contribution in [0.15, 0.2) is 54.1 Å². The first-order chi connectivity index (χ1) is 12.2. The van der Waals surface area contributed by atoms with Crippen LogP contribution >= 0.6 is 0 Å². The zero-order valence-corrected chi connectivity index (χ0v) is 14.2. The SMILES string of the molecule is COc1ccc(/C=C(\C#N)Cn2c(C=O)c(C)c3ccccc32)cc1. The van der Waals surface area contributed by atoms with Crippen LogP contribution < -0.4 is 4.74 Å². The Hall–Kier alpha value is -3.32. The van der Waals surface area contributed by atoms with Gasteiger partial charge in [-0.05, 0) is 42.3 Å². The van der Waals surface area contributed by atoms with Crippen molar-refractivity contribution in [2.24, 2.45) is 0 Å². The summed E-state index contributed by atoms with van der Waals surface area (Å²) in [6.45, 7) is 2.28. The molecule has 0 saturated heterocycles. The summed E-state index contributed by atoms with van der Waals surface area (Å²) in [5.41, 5.74) is 4.00. The van der Waals surface area contributed by atoms with Crippen LogP contribution in [0.4, 0.5) is 0 Å². The number of hydrogen-bond donors (Lipinski definition) is 0. The predicted molar refractivity (Wildman–Crippen MR) is 98.6 cm³/mol. The van der Waals surface area contributed by atoms with E-state index in [0.29, 0.717) is 17.8 Å². The van der Waals surface area contributed by atoms with Gasteiger partial charge in [0.1, 0.15) is 5.75 Å². The molecular weight excluding hydrogens is 312 g/mol. The van der Waals surface area contributed by atoms with Gasteiger partial charge in [0.2, 0.25) is 0 Å².